The van der Waals surface area contributed by atoms with Crippen molar-refractivity contribution < 1.29 is 28.5 Å². The molecule has 6 heteroatoms. The van der Waals surface area contributed by atoms with E-state index in [1.54, 1.807) is 12.3 Å². The molecule has 0 saturated heterocycles. The van der Waals surface area contributed by atoms with E-state index < -0.39 is 12.6 Å². The SMILES string of the molecule is O=C(O)COc1cccc2c(CCOCCOC(c3ccccc3)c3ccccc3)coc12. The van der Waals surface area contributed by atoms with Crippen LogP contribution in [0, 0.1) is 0 Å². The molecule has 0 fully saturated rings. The van der Waals surface area contributed by atoms with E-state index >= 15 is 0 Å². The molecule has 0 aliphatic heterocycles. The molecular weight excluding hydrogens is 420 g/mol. The van der Waals surface area contributed by atoms with Crippen molar-refractivity contribution >= 4 is 16.9 Å². The largest absolute Gasteiger partial charge is 0.479 e. The maximum Gasteiger partial charge on any atom is 0.341 e. The van der Waals surface area contributed by atoms with Gasteiger partial charge in [0, 0.05) is 10.9 Å². The summed E-state index contributed by atoms with van der Waals surface area (Å²) in [5.74, 6) is -0.612. The molecule has 6 nitrogen and oxygen atoms in total. The van der Waals surface area contributed by atoms with E-state index in [1.807, 2.05) is 48.5 Å². The Bertz CT molecular complexity index is 1110. The van der Waals surface area contributed by atoms with Gasteiger partial charge in [-0.3, -0.25) is 0 Å². The van der Waals surface area contributed by atoms with Crippen molar-refractivity contribution in [1.29, 1.82) is 0 Å². The van der Waals surface area contributed by atoms with Crippen LogP contribution in [-0.2, 0) is 20.7 Å². The second kappa shape index (κ2) is 11.3. The van der Waals surface area contributed by atoms with Gasteiger partial charge in [0.25, 0.3) is 0 Å². The molecule has 0 saturated carbocycles. The van der Waals surface area contributed by atoms with E-state index in [9.17, 15) is 4.79 Å². The average molecular weight is 446 g/mol. The molecule has 33 heavy (non-hydrogen) atoms. The number of benzene rings is 3. The van der Waals surface area contributed by atoms with Crippen LogP contribution < -0.4 is 4.74 Å². The summed E-state index contributed by atoms with van der Waals surface area (Å²) in [5, 5.41) is 9.71. The maximum absolute atomic E-state index is 10.8. The van der Waals surface area contributed by atoms with Crippen molar-refractivity contribution in [2.24, 2.45) is 0 Å². The van der Waals surface area contributed by atoms with Crippen LogP contribution in [0.2, 0.25) is 0 Å². The summed E-state index contributed by atoms with van der Waals surface area (Å²) in [7, 11) is 0. The minimum absolute atomic E-state index is 0.141. The Morgan fingerprint density at radius 3 is 2.21 bits per heavy atom. The first kappa shape index (κ1) is 22.6. The number of carbonyl (C=O) groups is 1. The third-order valence-electron chi connectivity index (χ3n) is 5.23. The first-order valence-corrected chi connectivity index (χ1v) is 10.9. The smallest absolute Gasteiger partial charge is 0.341 e. The van der Waals surface area contributed by atoms with Gasteiger partial charge in [0.2, 0.25) is 0 Å². The molecule has 4 rings (SSSR count). The predicted molar refractivity (Wildman–Crippen MR) is 125 cm³/mol. The van der Waals surface area contributed by atoms with Crippen LogP contribution in [0.3, 0.4) is 0 Å². The molecular formula is C27H26O6. The molecule has 1 aromatic heterocycles. The lowest BCUT2D eigenvalue weighted by Crippen LogP contribution is -2.12. The number of rotatable bonds is 12. The number of hydrogen-bond acceptors (Lipinski definition) is 5. The van der Waals surface area contributed by atoms with Crippen molar-refractivity contribution in [3.05, 3.63) is 102 Å². The van der Waals surface area contributed by atoms with E-state index in [4.69, 9.17) is 23.7 Å². The molecule has 0 aliphatic rings. The molecule has 1 N–H and O–H groups in total. The lowest BCUT2D eigenvalue weighted by Gasteiger charge is -2.19. The Morgan fingerprint density at radius 1 is 0.848 bits per heavy atom. The van der Waals surface area contributed by atoms with Gasteiger partial charge in [-0.1, -0.05) is 72.8 Å². The molecule has 0 spiro atoms. The molecule has 4 aromatic rings. The summed E-state index contributed by atoms with van der Waals surface area (Å²) in [5.41, 5.74) is 3.74. The van der Waals surface area contributed by atoms with E-state index in [2.05, 4.69) is 24.3 Å². The first-order valence-electron chi connectivity index (χ1n) is 10.9. The summed E-state index contributed by atoms with van der Waals surface area (Å²) in [4.78, 5) is 10.8. The molecule has 3 aromatic carbocycles. The second-order valence-electron chi connectivity index (χ2n) is 7.51. The molecule has 0 radical (unpaired) electrons. The average Bonchev–Trinajstić information content (AvgIpc) is 3.27. The Labute approximate surface area is 192 Å². The van der Waals surface area contributed by atoms with Gasteiger partial charge in [-0.2, -0.15) is 0 Å². The van der Waals surface area contributed by atoms with Gasteiger partial charge in [-0.25, -0.2) is 4.79 Å². The fraction of sp³-hybridized carbons (Fsp3) is 0.222. The van der Waals surface area contributed by atoms with Crippen LogP contribution in [-0.4, -0.2) is 37.5 Å². The van der Waals surface area contributed by atoms with Gasteiger partial charge in [-0.15, -0.1) is 0 Å². The fourth-order valence-electron chi connectivity index (χ4n) is 3.68. The van der Waals surface area contributed by atoms with Gasteiger partial charge >= 0.3 is 5.97 Å². The lowest BCUT2D eigenvalue weighted by atomic mass is 10.0. The number of ether oxygens (including phenoxy) is 3. The number of furan rings is 1. The first-order chi connectivity index (χ1) is 16.2. The Hall–Kier alpha value is -3.61. The Kier molecular flexibility index (Phi) is 7.74. The second-order valence-corrected chi connectivity index (χ2v) is 7.51. The summed E-state index contributed by atoms with van der Waals surface area (Å²) in [6, 6.07) is 25.7. The molecule has 0 atom stereocenters. The highest BCUT2D eigenvalue weighted by Gasteiger charge is 2.14. The van der Waals surface area contributed by atoms with Crippen molar-refractivity contribution in [3.63, 3.8) is 0 Å². The molecule has 170 valence electrons. The normalized spacial score (nSPS) is 11.2. The van der Waals surface area contributed by atoms with Crippen molar-refractivity contribution in [1.82, 2.24) is 0 Å². The summed E-state index contributed by atoms with van der Waals surface area (Å²) < 4.78 is 22.9. The number of para-hydroxylation sites is 1. The van der Waals surface area contributed by atoms with Crippen molar-refractivity contribution in [2.75, 3.05) is 26.4 Å². The Balaban J connectivity index is 1.28. The van der Waals surface area contributed by atoms with Crippen LogP contribution in [0.1, 0.15) is 22.8 Å². The fourth-order valence-corrected chi connectivity index (χ4v) is 3.68. The van der Waals surface area contributed by atoms with Gasteiger partial charge in [-0.05, 0) is 23.6 Å². The Morgan fingerprint density at radius 2 is 1.55 bits per heavy atom. The zero-order valence-corrected chi connectivity index (χ0v) is 18.2. The highest BCUT2D eigenvalue weighted by molar-refractivity contribution is 5.86. The topological polar surface area (TPSA) is 78.1 Å². The zero-order chi connectivity index (χ0) is 22.9. The molecule has 0 bridgehead atoms. The summed E-state index contributed by atoms with van der Waals surface area (Å²) in [6.45, 7) is 1.04. The molecule has 0 amide bonds. The van der Waals surface area contributed by atoms with Gasteiger partial charge < -0.3 is 23.7 Å². The van der Waals surface area contributed by atoms with E-state index in [-0.39, 0.29) is 6.10 Å². The number of carboxylic acid groups (broad SMARTS) is 1. The van der Waals surface area contributed by atoms with Crippen molar-refractivity contribution in [3.8, 4) is 5.75 Å². The van der Waals surface area contributed by atoms with Crippen LogP contribution in [0.5, 0.6) is 5.75 Å². The maximum atomic E-state index is 10.8. The predicted octanol–water partition coefficient (Wildman–Crippen LogP) is 5.26. The van der Waals surface area contributed by atoms with Gasteiger partial charge in [0.05, 0.1) is 26.1 Å². The highest BCUT2D eigenvalue weighted by atomic mass is 16.5. The number of aliphatic carboxylic acids is 1. The molecule has 0 aliphatic carbocycles. The van der Waals surface area contributed by atoms with Crippen LogP contribution in [0.4, 0.5) is 0 Å². The third-order valence-corrected chi connectivity index (χ3v) is 5.23. The van der Waals surface area contributed by atoms with E-state index in [1.165, 1.54) is 0 Å². The minimum Gasteiger partial charge on any atom is -0.479 e. The molecule has 0 unspecified atom stereocenters. The zero-order valence-electron chi connectivity index (χ0n) is 18.2. The minimum atomic E-state index is -1.03. The standard InChI is InChI=1S/C27H26O6/c28-25(29)19-32-24-13-7-12-23-22(18-33-27(23)24)14-15-30-16-17-31-26(20-8-3-1-4-9-20)21-10-5-2-6-11-21/h1-13,18,26H,14-17,19H2,(H,28,29). The third kappa shape index (κ3) is 6.00. The van der Waals surface area contributed by atoms with Crippen LogP contribution in [0.25, 0.3) is 11.0 Å². The highest BCUT2D eigenvalue weighted by Crippen LogP contribution is 2.30. The number of fused-ring (bicyclic) bond motifs is 1. The van der Waals surface area contributed by atoms with Crippen LogP contribution >= 0.6 is 0 Å². The van der Waals surface area contributed by atoms with E-state index in [0.29, 0.717) is 37.6 Å². The van der Waals surface area contributed by atoms with Crippen molar-refractivity contribution in [2.45, 2.75) is 12.5 Å². The summed E-state index contributed by atoms with van der Waals surface area (Å²) in [6.07, 6.45) is 2.19. The summed E-state index contributed by atoms with van der Waals surface area (Å²) >= 11 is 0. The van der Waals surface area contributed by atoms with Gasteiger partial charge in [0.1, 0.15) is 6.10 Å². The number of carboxylic acids is 1. The molecule has 1 heterocycles. The van der Waals surface area contributed by atoms with Gasteiger partial charge in [0.15, 0.2) is 17.9 Å². The quantitative estimate of drug-likeness (QED) is 0.299. The van der Waals surface area contributed by atoms with Crippen LogP contribution in [0.15, 0.2) is 89.5 Å². The number of hydrogen-bond donors (Lipinski definition) is 1. The van der Waals surface area contributed by atoms with E-state index in [0.717, 1.165) is 22.1 Å². The lowest BCUT2D eigenvalue weighted by molar-refractivity contribution is -0.139. The monoisotopic (exact) mass is 446 g/mol.